The standard InChI is InChI=1S/C14H20N2O/c1-10(2)9-12(4)15-16-14(17)13-8-6-5-7-11(13)3/h5-8,10H,9H2,1-4H3,(H,16,17). The first-order valence-electron chi connectivity index (χ1n) is 5.90. The zero-order valence-corrected chi connectivity index (χ0v) is 10.9. The van der Waals surface area contributed by atoms with E-state index in [0.717, 1.165) is 17.7 Å². The second-order valence-electron chi connectivity index (χ2n) is 4.70. The minimum atomic E-state index is -0.147. The smallest absolute Gasteiger partial charge is 0.267 e. The summed E-state index contributed by atoms with van der Waals surface area (Å²) in [5.41, 5.74) is 5.17. The Morgan fingerprint density at radius 3 is 2.59 bits per heavy atom. The monoisotopic (exact) mass is 232 g/mol. The molecule has 0 saturated carbocycles. The molecule has 0 radical (unpaired) electrons. The highest BCUT2D eigenvalue weighted by molar-refractivity contribution is 5.96. The first-order chi connectivity index (χ1) is 8.00. The highest BCUT2D eigenvalue weighted by Crippen LogP contribution is 2.06. The van der Waals surface area contributed by atoms with Crippen LogP contribution in [0.25, 0.3) is 0 Å². The highest BCUT2D eigenvalue weighted by Gasteiger charge is 2.07. The van der Waals surface area contributed by atoms with Crippen LogP contribution in [-0.4, -0.2) is 11.6 Å². The molecule has 0 saturated heterocycles. The second kappa shape index (κ2) is 6.18. The van der Waals surface area contributed by atoms with E-state index in [1.807, 2.05) is 32.0 Å². The number of carbonyl (C=O) groups excluding carboxylic acids is 1. The first-order valence-corrected chi connectivity index (χ1v) is 5.90. The van der Waals surface area contributed by atoms with E-state index in [-0.39, 0.29) is 5.91 Å². The molecule has 0 bridgehead atoms. The lowest BCUT2D eigenvalue weighted by Gasteiger charge is -2.06. The number of aryl methyl sites for hydroxylation is 1. The van der Waals surface area contributed by atoms with Gasteiger partial charge in [0.1, 0.15) is 0 Å². The predicted molar refractivity (Wildman–Crippen MR) is 71.2 cm³/mol. The summed E-state index contributed by atoms with van der Waals surface area (Å²) in [6.45, 7) is 8.10. The molecule has 0 unspecified atom stereocenters. The number of nitrogens with zero attached hydrogens (tertiary/aromatic N) is 1. The topological polar surface area (TPSA) is 41.5 Å². The molecule has 3 heteroatoms. The molecule has 0 aliphatic carbocycles. The molecule has 92 valence electrons. The van der Waals surface area contributed by atoms with Crippen LogP contribution in [0.5, 0.6) is 0 Å². The van der Waals surface area contributed by atoms with Crippen molar-refractivity contribution < 1.29 is 4.79 Å². The third-order valence-electron chi connectivity index (χ3n) is 2.44. The van der Waals surface area contributed by atoms with E-state index in [4.69, 9.17) is 0 Å². The third kappa shape index (κ3) is 4.39. The number of benzene rings is 1. The molecule has 1 N–H and O–H groups in total. The highest BCUT2D eigenvalue weighted by atomic mass is 16.2. The molecule has 1 aromatic rings. The van der Waals surface area contributed by atoms with Crippen LogP contribution in [0.1, 0.15) is 43.1 Å². The number of hydrogen-bond acceptors (Lipinski definition) is 2. The normalized spacial score (nSPS) is 11.7. The first kappa shape index (κ1) is 13.4. The zero-order chi connectivity index (χ0) is 12.8. The minimum absolute atomic E-state index is 0.147. The number of carbonyl (C=O) groups is 1. The summed E-state index contributed by atoms with van der Waals surface area (Å²) < 4.78 is 0. The number of nitrogens with one attached hydrogen (secondary N) is 1. The van der Waals surface area contributed by atoms with Crippen LogP contribution >= 0.6 is 0 Å². The molecule has 0 atom stereocenters. The summed E-state index contributed by atoms with van der Waals surface area (Å²) in [5.74, 6) is 0.403. The summed E-state index contributed by atoms with van der Waals surface area (Å²) >= 11 is 0. The molecule has 0 aromatic heterocycles. The van der Waals surface area contributed by atoms with Crippen LogP contribution in [-0.2, 0) is 0 Å². The van der Waals surface area contributed by atoms with Crippen LogP contribution in [0.4, 0.5) is 0 Å². The molecule has 17 heavy (non-hydrogen) atoms. The van der Waals surface area contributed by atoms with Crippen LogP contribution in [0.2, 0.25) is 0 Å². The van der Waals surface area contributed by atoms with Gasteiger partial charge < -0.3 is 0 Å². The molecule has 0 fully saturated rings. The molecule has 1 aromatic carbocycles. The van der Waals surface area contributed by atoms with Gasteiger partial charge in [-0.05, 0) is 37.8 Å². The van der Waals surface area contributed by atoms with Crippen LogP contribution in [0, 0.1) is 12.8 Å². The number of amides is 1. The number of rotatable bonds is 4. The van der Waals surface area contributed by atoms with Crippen LogP contribution < -0.4 is 5.43 Å². The fourth-order valence-corrected chi connectivity index (χ4v) is 1.67. The van der Waals surface area contributed by atoms with Gasteiger partial charge in [0.05, 0.1) is 0 Å². The van der Waals surface area contributed by atoms with Crippen molar-refractivity contribution in [3.8, 4) is 0 Å². The van der Waals surface area contributed by atoms with E-state index in [2.05, 4.69) is 24.4 Å². The van der Waals surface area contributed by atoms with Gasteiger partial charge in [0, 0.05) is 11.3 Å². The lowest BCUT2D eigenvalue weighted by molar-refractivity contribution is 0.0954. The van der Waals surface area contributed by atoms with Gasteiger partial charge in [0.2, 0.25) is 0 Å². The van der Waals surface area contributed by atoms with Gasteiger partial charge in [0.15, 0.2) is 0 Å². The Morgan fingerprint density at radius 2 is 2.00 bits per heavy atom. The second-order valence-corrected chi connectivity index (χ2v) is 4.70. The lowest BCUT2D eigenvalue weighted by Crippen LogP contribution is -2.20. The molecule has 1 amide bonds. The van der Waals surface area contributed by atoms with E-state index < -0.39 is 0 Å². The number of hydrogen-bond donors (Lipinski definition) is 1. The van der Waals surface area contributed by atoms with Crippen molar-refractivity contribution in [3.05, 3.63) is 35.4 Å². The van der Waals surface area contributed by atoms with Crippen LogP contribution in [0.3, 0.4) is 0 Å². The number of hydrazone groups is 1. The fraction of sp³-hybridized carbons (Fsp3) is 0.429. The van der Waals surface area contributed by atoms with Gasteiger partial charge in [-0.15, -0.1) is 0 Å². The van der Waals surface area contributed by atoms with Crippen molar-refractivity contribution in [1.82, 2.24) is 5.43 Å². The van der Waals surface area contributed by atoms with Crippen molar-refractivity contribution >= 4 is 11.6 Å². The van der Waals surface area contributed by atoms with Gasteiger partial charge in [-0.3, -0.25) is 4.79 Å². The molecule has 0 aliphatic heterocycles. The Kier molecular flexibility index (Phi) is 4.88. The Bertz CT molecular complexity index is 422. The Balaban J connectivity index is 2.65. The van der Waals surface area contributed by atoms with Gasteiger partial charge in [0.25, 0.3) is 5.91 Å². The fourth-order valence-electron chi connectivity index (χ4n) is 1.67. The van der Waals surface area contributed by atoms with Crippen molar-refractivity contribution in [3.63, 3.8) is 0 Å². The van der Waals surface area contributed by atoms with Crippen molar-refractivity contribution in [1.29, 1.82) is 0 Å². The van der Waals surface area contributed by atoms with Gasteiger partial charge in [-0.1, -0.05) is 32.0 Å². The molecule has 1 rings (SSSR count). The van der Waals surface area contributed by atoms with Crippen LogP contribution in [0.15, 0.2) is 29.4 Å². The average Bonchev–Trinajstić information content (AvgIpc) is 2.25. The molecule has 0 heterocycles. The van der Waals surface area contributed by atoms with E-state index >= 15 is 0 Å². The van der Waals surface area contributed by atoms with E-state index in [1.54, 1.807) is 6.07 Å². The quantitative estimate of drug-likeness (QED) is 0.629. The maximum atomic E-state index is 11.8. The summed E-state index contributed by atoms with van der Waals surface area (Å²) in [7, 11) is 0. The predicted octanol–water partition coefficient (Wildman–Crippen LogP) is 3.15. The Hall–Kier alpha value is -1.64. The largest absolute Gasteiger partial charge is 0.271 e. The van der Waals surface area contributed by atoms with Gasteiger partial charge in [-0.2, -0.15) is 5.10 Å². The lowest BCUT2D eigenvalue weighted by atomic mass is 10.1. The summed E-state index contributed by atoms with van der Waals surface area (Å²) in [6.07, 6.45) is 0.897. The summed E-state index contributed by atoms with van der Waals surface area (Å²) in [5, 5.41) is 4.10. The Morgan fingerprint density at radius 1 is 1.35 bits per heavy atom. The molecular weight excluding hydrogens is 212 g/mol. The minimum Gasteiger partial charge on any atom is -0.267 e. The molecule has 0 spiro atoms. The SMILES string of the molecule is CC(CC(C)C)=NNC(=O)c1ccccc1C. The molecule has 3 nitrogen and oxygen atoms in total. The van der Waals surface area contributed by atoms with Crippen molar-refractivity contribution in [2.24, 2.45) is 11.0 Å². The molecule has 0 aliphatic rings. The summed E-state index contributed by atoms with van der Waals surface area (Å²) in [4.78, 5) is 11.8. The third-order valence-corrected chi connectivity index (χ3v) is 2.44. The van der Waals surface area contributed by atoms with E-state index in [0.29, 0.717) is 11.5 Å². The van der Waals surface area contributed by atoms with E-state index in [9.17, 15) is 4.79 Å². The zero-order valence-electron chi connectivity index (χ0n) is 10.9. The van der Waals surface area contributed by atoms with E-state index in [1.165, 1.54) is 0 Å². The molecular formula is C14H20N2O. The Labute approximate surface area is 103 Å². The maximum Gasteiger partial charge on any atom is 0.271 e. The van der Waals surface area contributed by atoms with Gasteiger partial charge >= 0.3 is 0 Å². The van der Waals surface area contributed by atoms with Crippen molar-refractivity contribution in [2.75, 3.05) is 0 Å². The van der Waals surface area contributed by atoms with Crippen molar-refractivity contribution in [2.45, 2.75) is 34.1 Å². The maximum absolute atomic E-state index is 11.8. The summed E-state index contributed by atoms with van der Waals surface area (Å²) in [6, 6.07) is 7.49. The van der Waals surface area contributed by atoms with Gasteiger partial charge in [-0.25, -0.2) is 5.43 Å². The average molecular weight is 232 g/mol.